The standard InChI is InChI=1S/C5H6O5.H2O4S/c6-3(5(9)10)1-2-4(7)8;1-5(2,3)4/h1-2H2,(H,7,8)(H,9,10);(H2,1,2,3,4). The fraction of sp³-hybridized carbons (Fsp3) is 0.400. The van der Waals surface area contributed by atoms with E-state index in [1.54, 1.807) is 0 Å². The molecule has 0 unspecified atom stereocenters. The second-order valence-electron chi connectivity index (χ2n) is 2.07. The number of ketones is 1. The van der Waals surface area contributed by atoms with Crippen molar-refractivity contribution in [2.24, 2.45) is 0 Å². The Bertz CT molecular complexity index is 332. The molecule has 0 aromatic rings. The van der Waals surface area contributed by atoms with Crippen molar-refractivity contribution >= 4 is 28.1 Å². The maximum absolute atomic E-state index is 10.2. The van der Waals surface area contributed by atoms with Crippen LogP contribution in [0.4, 0.5) is 0 Å². The van der Waals surface area contributed by atoms with Crippen molar-refractivity contribution in [2.45, 2.75) is 12.8 Å². The average Bonchev–Trinajstić information content (AvgIpc) is 1.96. The lowest BCUT2D eigenvalue weighted by Gasteiger charge is -1.88. The van der Waals surface area contributed by atoms with Crippen molar-refractivity contribution in [1.29, 1.82) is 0 Å². The summed E-state index contributed by atoms with van der Waals surface area (Å²) < 4.78 is 31.6. The molecule has 0 saturated heterocycles. The Balaban J connectivity index is 0. The van der Waals surface area contributed by atoms with E-state index in [-0.39, 0.29) is 0 Å². The van der Waals surface area contributed by atoms with Gasteiger partial charge < -0.3 is 10.2 Å². The molecular weight excluding hydrogens is 236 g/mol. The lowest BCUT2D eigenvalue weighted by Crippen LogP contribution is -2.13. The Hall–Kier alpha value is -1.52. The van der Waals surface area contributed by atoms with Gasteiger partial charge in [0.25, 0.3) is 0 Å². The van der Waals surface area contributed by atoms with Crippen LogP contribution < -0.4 is 0 Å². The monoisotopic (exact) mass is 244 g/mol. The van der Waals surface area contributed by atoms with E-state index in [1.807, 2.05) is 0 Å². The van der Waals surface area contributed by atoms with E-state index in [2.05, 4.69) is 0 Å². The summed E-state index contributed by atoms with van der Waals surface area (Å²) in [4.78, 5) is 29.7. The third-order valence-corrected chi connectivity index (χ3v) is 0.804. The molecule has 4 N–H and O–H groups in total. The van der Waals surface area contributed by atoms with Gasteiger partial charge >= 0.3 is 22.3 Å². The Morgan fingerprint density at radius 1 is 0.933 bits per heavy atom. The minimum Gasteiger partial charge on any atom is -0.481 e. The van der Waals surface area contributed by atoms with Gasteiger partial charge in [-0.15, -0.1) is 0 Å². The molecule has 0 radical (unpaired) electrons. The summed E-state index contributed by atoms with van der Waals surface area (Å²) in [5.74, 6) is -3.82. The minimum absolute atomic E-state index is 0.425. The maximum atomic E-state index is 10.2. The summed E-state index contributed by atoms with van der Waals surface area (Å²) in [5, 5.41) is 16.0. The summed E-state index contributed by atoms with van der Waals surface area (Å²) in [7, 11) is -4.67. The van der Waals surface area contributed by atoms with Crippen molar-refractivity contribution in [3.8, 4) is 0 Å². The van der Waals surface area contributed by atoms with Gasteiger partial charge in [-0.1, -0.05) is 0 Å². The van der Waals surface area contributed by atoms with Crippen LogP contribution in [0, 0.1) is 0 Å². The molecule has 0 heterocycles. The zero-order valence-corrected chi connectivity index (χ0v) is 7.97. The number of carboxylic acid groups (broad SMARTS) is 2. The normalized spacial score (nSPS) is 9.73. The summed E-state index contributed by atoms with van der Waals surface area (Å²) in [6.45, 7) is 0. The van der Waals surface area contributed by atoms with Crippen molar-refractivity contribution in [2.75, 3.05) is 0 Å². The largest absolute Gasteiger partial charge is 0.481 e. The van der Waals surface area contributed by atoms with E-state index in [4.69, 9.17) is 27.7 Å². The molecule has 0 aromatic heterocycles. The summed E-state index contributed by atoms with van der Waals surface area (Å²) in [5.41, 5.74) is 0. The molecule has 0 aliphatic heterocycles. The second-order valence-corrected chi connectivity index (χ2v) is 2.97. The number of hydrogen-bond donors (Lipinski definition) is 4. The predicted molar refractivity (Wildman–Crippen MR) is 43.7 cm³/mol. The van der Waals surface area contributed by atoms with Crippen LogP contribution in [-0.2, 0) is 24.8 Å². The molecule has 88 valence electrons. The fourth-order valence-electron chi connectivity index (χ4n) is 0.327. The van der Waals surface area contributed by atoms with Crippen LogP contribution in [0.3, 0.4) is 0 Å². The first-order chi connectivity index (χ1) is 6.54. The minimum atomic E-state index is -4.67. The summed E-state index contributed by atoms with van der Waals surface area (Å²) in [6, 6.07) is 0. The zero-order valence-electron chi connectivity index (χ0n) is 7.15. The zero-order chi connectivity index (χ0) is 12.6. The van der Waals surface area contributed by atoms with Crippen LogP contribution in [0.2, 0.25) is 0 Å². The first-order valence-corrected chi connectivity index (χ1v) is 4.61. The molecule has 0 spiro atoms. The van der Waals surface area contributed by atoms with Gasteiger partial charge in [-0.3, -0.25) is 18.7 Å². The SMILES string of the molecule is O=C(O)CCC(=O)C(=O)O.O=S(=O)(O)O. The molecule has 15 heavy (non-hydrogen) atoms. The van der Waals surface area contributed by atoms with Gasteiger partial charge in [-0.2, -0.15) is 8.42 Å². The highest BCUT2D eigenvalue weighted by molar-refractivity contribution is 7.79. The first-order valence-electron chi connectivity index (χ1n) is 3.22. The molecule has 10 heteroatoms. The fourth-order valence-corrected chi connectivity index (χ4v) is 0.327. The lowest BCUT2D eigenvalue weighted by atomic mass is 10.2. The summed E-state index contributed by atoms with van der Waals surface area (Å²) >= 11 is 0. The molecule has 0 saturated carbocycles. The van der Waals surface area contributed by atoms with Gasteiger partial charge in [-0.05, 0) is 0 Å². The van der Waals surface area contributed by atoms with E-state index in [1.165, 1.54) is 0 Å². The van der Waals surface area contributed by atoms with Gasteiger partial charge in [0.2, 0.25) is 5.78 Å². The van der Waals surface area contributed by atoms with Crippen molar-refractivity contribution < 1.29 is 42.1 Å². The van der Waals surface area contributed by atoms with Crippen LogP contribution in [-0.4, -0.2) is 45.5 Å². The van der Waals surface area contributed by atoms with Gasteiger partial charge in [0, 0.05) is 6.42 Å². The van der Waals surface area contributed by atoms with Crippen LogP contribution in [0.15, 0.2) is 0 Å². The molecule has 0 aliphatic rings. The Morgan fingerprint density at radius 2 is 1.27 bits per heavy atom. The van der Waals surface area contributed by atoms with Gasteiger partial charge in [-0.25, -0.2) is 4.79 Å². The number of Topliss-reactive ketones (excluding diaryl/α,β-unsaturated/α-hetero) is 1. The van der Waals surface area contributed by atoms with Crippen LogP contribution in [0.1, 0.15) is 12.8 Å². The van der Waals surface area contributed by atoms with Gasteiger partial charge in [0.15, 0.2) is 0 Å². The van der Waals surface area contributed by atoms with E-state index >= 15 is 0 Å². The molecule has 0 atom stereocenters. The molecule has 0 amide bonds. The Labute approximate surface area is 83.9 Å². The van der Waals surface area contributed by atoms with Crippen LogP contribution >= 0.6 is 0 Å². The average molecular weight is 244 g/mol. The summed E-state index contributed by atoms with van der Waals surface area (Å²) in [6.07, 6.45) is -0.865. The molecule has 0 bridgehead atoms. The van der Waals surface area contributed by atoms with Gasteiger partial charge in [0.05, 0.1) is 6.42 Å². The molecule has 0 fully saturated rings. The predicted octanol–water partition coefficient (Wildman–Crippen LogP) is -1.15. The third-order valence-electron chi connectivity index (χ3n) is 0.804. The smallest absolute Gasteiger partial charge is 0.394 e. The van der Waals surface area contributed by atoms with Crippen molar-refractivity contribution in [3.63, 3.8) is 0 Å². The molecule has 9 nitrogen and oxygen atoms in total. The number of carbonyl (C=O) groups excluding carboxylic acids is 1. The second kappa shape index (κ2) is 6.86. The number of rotatable bonds is 4. The topological polar surface area (TPSA) is 166 Å². The van der Waals surface area contributed by atoms with Crippen LogP contribution in [0.5, 0.6) is 0 Å². The molecular formula is C5H8O9S. The van der Waals surface area contributed by atoms with E-state index in [0.717, 1.165) is 0 Å². The molecule has 0 aliphatic carbocycles. The Kier molecular flexibility index (Phi) is 7.29. The van der Waals surface area contributed by atoms with E-state index in [0.29, 0.717) is 0 Å². The Morgan fingerprint density at radius 3 is 1.47 bits per heavy atom. The third kappa shape index (κ3) is 24.5. The van der Waals surface area contributed by atoms with Crippen molar-refractivity contribution in [3.05, 3.63) is 0 Å². The van der Waals surface area contributed by atoms with Crippen LogP contribution in [0.25, 0.3) is 0 Å². The van der Waals surface area contributed by atoms with Gasteiger partial charge in [0.1, 0.15) is 0 Å². The van der Waals surface area contributed by atoms with Crippen molar-refractivity contribution in [1.82, 2.24) is 0 Å². The highest BCUT2D eigenvalue weighted by atomic mass is 32.3. The van der Waals surface area contributed by atoms with E-state index in [9.17, 15) is 14.4 Å². The molecule has 0 rings (SSSR count). The number of hydrogen-bond acceptors (Lipinski definition) is 5. The quantitative estimate of drug-likeness (QED) is 0.352. The first kappa shape index (κ1) is 15.9. The highest BCUT2D eigenvalue weighted by Crippen LogP contribution is 1.89. The van der Waals surface area contributed by atoms with E-state index < -0.39 is 41.0 Å². The maximum Gasteiger partial charge on any atom is 0.394 e. The number of carboxylic acids is 2. The lowest BCUT2D eigenvalue weighted by molar-refractivity contribution is -0.149. The highest BCUT2D eigenvalue weighted by Gasteiger charge is 2.12. The number of aliphatic carboxylic acids is 2. The molecule has 0 aromatic carbocycles. The number of carbonyl (C=O) groups is 3.